The Bertz CT molecular complexity index is 1180. The minimum absolute atomic E-state index is 0.0440. The van der Waals surface area contributed by atoms with Crippen molar-refractivity contribution in [2.75, 3.05) is 24.6 Å². The zero-order chi connectivity index (χ0) is 24.3. The molecule has 2 aromatic rings. The fraction of sp³-hybridized carbons (Fsp3) is 0.440. The highest BCUT2D eigenvalue weighted by Crippen LogP contribution is 2.34. The van der Waals surface area contributed by atoms with Gasteiger partial charge in [-0.25, -0.2) is 13.2 Å². The van der Waals surface area contributed by atoms with Crippen LogP contribution in [0.25, 0.3) is 0 Å². The number of hydrogen-bond donors (Lipinski definition) is 1. The van der Waals surface area contributed by atoms with Crippen LogP contribution in [0, 0.1) is 5.92 Å². The zero-order valence-corrected chi connectivity index (χ0v) is 20.3. The molecule has 1 amide bonds. The van der Waals surface area contributed by atoms with Crippen molar-refractivity contribution in [3.8, 4) is 5.75 Å². The van der Waals surface area contributed by atoms with E-state index >= 15 is 0 Å². The second-order valence-corrected chi connectivity index (χ2v) is 10.7. The Morgan fingerprint density at radius 2 is 1.88 bits per heavy atom. The molecule has 1 fully saturated rings. The highest BCUT2D eigenvalue weighted by atomic mass is 32.2. The highest BCUT2D eigenvalue weighted by Gasteiger charge is 2.32. The van der Waals surface area contributed by atoms with Gasteiger partial charge in [0.15, 0.2) is 6.61 Å². The van der Waals surface area contributed by atoms with Gasteiger partial charge in [-0.05, 0) is 55.0 Å². The van der Waals surface area contributed by atoms with Gasteiger partial charge >= 0.3 is 5.97 Å². The fourth-order valence-electron chi connectivity index (χ4n) is 4.68. The van der Waals surface area contributed by atoms with Gasteiger partial charge < -0.3 is 14.8 Å². The summed E-state index contributed by atoms with van der Waals surface area (Å²) in [5.74, 6) is -0.635. The summed E-state index contributed by atoms with van der Waals surface area (Å²) in [6.45, 7) is 1.99. The number of fused-ring (bicyclic) bond motifs is 1. The van der Waals surface area contributed by atoms with Crippen molar-refractivity contribution in [2.24, 2.45) is 5.92 Å². The van der Waals surface area contributed by atoms with E-state index in [2.05, 4.69) is 12.2 Å². The van der Waals surface area contributed by atoms with Crippen molar-refractivity contribution in [1.82, 2.24) is 5.32 Å². The average molecular weight is 487 g/mol. The number of nitrogens with zero attached hydrogens (tertiary/aromatic N) is 1. The molecule has 0 bridgehead atoms. The second kappa shape index (κ2) is 10.0. The van der Waals surface area contributed by atoms with Gasteiger partial charge in [-0.2, -0.15) is 0 Å². The Morgan fingerprint density at radius 3 is 2.65 bits per heavy atom. The molecule has 4 rings (SSSR count). The fourth-order valence-corrected chi connectivity index (χ4v) is 6.21. The van der Waals surface area contributed by atoms with E-state index in [-0.39, 0.29) is 28.2 Å². The van der Waals surface area contributed by atoms with E-state index in [0.717, 1.165) is 31.2 Å². The minimum atomic E-state index is -3.90. The van der Waals surface area contributed by atoms with E-state index in [9.17, 15) is 18.0 Å². The van der Waals surface area contributed by atoms with Gasteiger partial charge in [0.1, 0.15) is 11.3 Å². The van der Waals surface area contributed by atoms with Crippen LogP contribution in [0.2, 0.25) is 0 Å². The molecular weight excluding hydrogens is 456 g/mol. The lowest BCUT2D eigenvalue weighted by atomic mass is 9.86. The standard InChI is InChI=1S/C25H30N2O6S/c1-17-7-3-5-9-21(17)26-24(28)16-33-25(29)20-15-19(11-12-23(20)32-2)34(30,31)27-14-13-18-8-4-6-10-22(18)27/h4,6,8,10-12,15,17,21H,3,5,7,9,13-14,16H2,1-2H3,(H,26,28). The predicted molar refractivity (Wildman–Crippen MR) is 128 cm³/mol. The van der Waals surface area contributed by atoms with Crippen LogP contribution >= 0.6 is 0 Å². The van der Waals surface area contributed by atoms with Crippen molar-refractivity contribution < 1.29 is 27.5 Å². The number of sulfonamides is 1. The quantitative estimate of drug-likeness (QED) is 0.603. The van der Waals surface area contributed by atoms with E-state index in [1.54, 1.807) is 12.1 Å². The summed E-state index contributed by atoms with van der Waals surface area (Å²) in [6, 6.07) is 11.5. The largest absolute Gasteiger partial charge is 0.496 e. The summed E-state index contributed by atoms with van der Waals surface area (Å²) in [5, 5.41) is 2.94. The number of ether oxygens (including phenoxy) is 2. The van der Waals surface area contributed by atoms with Gasteiger partial charge in [-0.1, -0.05) is 38.0 Å². The number of benzene rings is 2. The predicted octanol–water partition coefficient (Wildman–Crippen LogP) is 3.30. The van der Waals surface area contributed by atoms with Crippen molar-refractivity contribution in [2.45, 2.75) is 50.0 Å². The molecule has 0 aromatic heterocycles. The number of esters is 1. The molecule has 1 N–H and O–H groups in total. The normalized spacial score (nSPS) is 19.9. The van der Waals surface area contributed by atoms with Gasteiger partial charge in [0.2, 0.25) is 0 Å². The maximum absolute atomic E-state index is 13.4. The molecule has 8 nitrogen and oxygen atoms in total. The van der Waals surface area contributed by atoms with E-state index in [4.69, 9.17) is 9.47 Å². The zero-order valence-electron chi connectivity index (χ0n) is 19.5. The molecule has 1 saturated carbocycles. The van der Waals surface area contributed by atoms with Gasteiger partial charge in [-0.15, -0.1) is 0 Å². The lowest BCUT2D eigenvalue weighted by molar-refractivity contribution is -0.125. The van der Waals surface area contributed by atoms with Crippen LogP contribution < -0.4 is 14.4 Å². The molecule has 0 saturated heterocycles. The van der Waals surface area contributed by atoms with Crippen LogP contribution in [0.4, 0.5) is 5.69 Å². The summed E-state index contributed by atoms with van der Waals surface area (Å²) in [4.78, 5) is 25.1. The molecular formula is C25H30N2O6S. The van der Waals surface area contributed by atoms with Gasteiger partial charge in [-0.3, -0.25) is 9.10 Å². The average Bonchev–Trinajstić information content (AvgIpc) is 3.28. The third-order valence-corrected chi connectivity index (χ3v) is 8.42. The maximum Gasteiger partial charge on any atom is 0.342 e. The number of hydrogen-bond acceptors (Lipinski definition) is 6. The molecule has 1 aliphatic heterocycles. The van der Waals surface area contributed by atoms with E-state index < -0.39 is 22.6 Å². The third-order valence-electron chi connectivity index (χ3n) is 6.62. The van der Waals surface area contributed by atoms with E-state index in [0.29, 0.717) is 24.6 Å². The number of amides is 1. The Labute approximate surface area is 200 Å². The SMILES string of the molecule is COc1ccc(S(=O)(=O)N2CCc3ccccc32)cc1C(=O)OCC(=O)NC1CCCCC1C. The number of para-hydroxylation sites is 1. The first kappa shape index (κ1) is 24.1. The molecule has 1 heterocycles. The number of methoxy groups -OCH3 is 1. The molecule has 9 heteroatoms. The maximum atomic E-state index is 13.4. The third kappa shape index (κ3) is 4.89. The van der Waals surface area contributed by atoms with Crippen LogP contribution in [-0.4, -0.2) is 46.6 Å². The number of anilines is 1. The minimum Gasteiger partial charge on any atom is -0.496 e. The number of nitrogens with one attached hydrogen (secondary N) is 1. The van der Waals surface area contributed by atoms with Crippen LogP contribution in [0.3, 0.4) is 0 Å². The molecule has 0 spiro atoms. The van der Waals surface area contributed by atoms with Crippen molar-refractivity contribution >= 4 is 27.6 Å². The first-order valence-electron chi connectivity index (χ1n) is 11.6. The van der Waals surface area contributed by atoms with Crippen molar-refractivity contribution in [1.29, 1.82) is 0 Å². The number of carbonyl (C=O) groups excluding carboxylic acids is 2. The highest BCUT2D eigenvalue weighted by molar-refractivity contribution is 7.92. The molecule has 0 radical (unpaired) electrons. The topological polar surface area (TPSA) is 102 Å². The molecule has 2 aromatic carbocycles. The molecule has 2 unspecified atom stereocenters. The first-order chi connectivity index (χ1) is 16.3. The molecule has 1 aliphatic carbocycles. The van der Waals surface area contributed by atoms with Crippen molar-refractivity contribution in [3.05, 3.63) is 53.6 Å². The summed E-state index contributed by atoms with van der Waals surface area (Å²) >= 11 is 0. The Hall–Kier alpha value is -3.07. The Morgan fingerprint density at radius 1 is 1.12 bits per heavy atom. The van der Waals surface area contributed by atoms with Crippen LogP contribution in [-0.2, 0) is 26.0 Å². The summed E-state index contributed by atoms with van der Waals surface area (Å²) in [7, 11) is -2.52. The molecule has 34 heavy (non-hydrogen) atoms. The van der Waals surface area contributed by atoms with Crippen LogP contribution in [0.1, 0.15) is 48.5 Å². The second-order valence-electron chi connectivity index (χ2n) is 8.83. The van der Waals surface area contributed by atoms with E-state index in [1.165, 1.54) is 29.6 Å². The summed E-state index contributed by atoms with van der Waals surface area (Å²) < 4.78 is 38.5. The summed E-state index contributed by atoms with van der Waals surface area (Å²) in [6.07, 6.45) is 4.81. The lowest BCUT2D eigenvalue weighted by Crippen LogP contribution is -2.42. The van der Waals surface area contributed by atoms with Crippen molar-refractivity contribution in [3.63, 3.8) is 0 Å². The number of rotatable bonds is 7. The van der Waals surface area contributed by atoms with Gasteiger partial charge in [0.25, 0.3) is 15.9 Å². The Balaban J connectivity index is 1.49. The van der Waals surface area contributed by atoms with Crippen LogP contribution in [0.5, 0.6) is 5.75 Å². The lowest BCUT2D eigenvalue weighted by Gasteiger charge is -2.29. The van der Waals surface area contributed by atoms with Gasteiger partial charge in [0, 0.05) is 12.6 Å². The van der Waals surface area contributed by atoms with Crippen LogP contribution in [0.15, 0.2) is 47.4 Å². The Kier molecular flexibility index (Phi) is 7.11. The first-order valence-corrected chi connectivity index (χ1v) is 13.0. The molecule has 182 valence electrons. The smallest absolute Gasteiger partial charge is 0.342 e. The summed E-state index contributed by atoms with van der Waals surface area (Å²) in [5.41, 5.74) is 1.54. The van der Waals surface area contributed by atoms with E-state index in [1.807, 2.05) is 12.1 Å². The monoisotopic (exact) mass is 486 g/mol. The van der Waals surface area contributed by atoms with Gasteiger partial charge in [0.05, 0.1) is 17.7 Å². The number of carbonyl (C=O) groups is 2. The molecule has 2 atom stereocenters. The molecule has 2 aliphatic rings.